The van der Waals surface area contributed by atoms with Crippen LogP contribution in [0.3, 0.4) is 0 Å². The SMILES string of the molecule is C=CCCCN(C)S(=O)(=O)c1ccc(Cl)c(CO)c1Cl. The summed E-state index contributed by atoms with van der Waals surface area (Å²) in [5, 5.41) is 9.42. The maximum atomic E-state index is 12.4. The van der Waals surface area contributed by atoms with Gasteiger partial charge >= 0.3 is 0 Å². The molecule has 1 rings (SSSR count). The largest absolute Gasteiger partial charge is 0.392 e. The van der Waals surface area contributed by atoms with Crippen LogP contribution < -0.4 is 0 Å². The summed E-state index contributed by atoms with van der Waals surface area (Å²) in [6.07, 6.45) is 3.15. The average molecular weight is 338 g/mol. The van der Waals surface area contributed by atoms with Gasteiger partial charge < -0.3 is 5.11 Å². The summed E-state index contributed by atoms with van der Waals surface area (Å²) in [6, 6.07) is 2.77. The minimum absolute atomic E-state index is 0.0319. The number of halogens is 2. The zero-order valence-corrected chi connectivity index (χ0v) is 13.5. The van der Waals surface area contributed by atoms with Crippen molar-refractivity contribution in [1.29, 1.82) is 0 Å². The second-order valence-corrected chi connectivity index (χ2v) is 7.05. The first kappa shape index (κ1) is 17.5. The number of nitrogens with zero attached hydrogens (tertiary/aromatic N) is 1. The lowest BCUT2D eigenvalue weighted by molar-refractivity contribution is 0.281. The van der Waals surface area contributed by atoms with Gasteiger partial charge in [-0.05, 0) is 25.0 Å². The highest BCUT2D eigenvalue weighted by molar-refractivity contribution is 7.89. The molecule has 0 aliphatic heterocycles. The summed E-state index contributed by atoms with van der Waals surface area (Å²) in [7, 11) is -2.21. The van der Waals surface area contributed by atoms with Crippen LogP contribution in [0.15, 0.2) is 29.7 Å². The molecule has 1 aromatic rings. The summed E-state index contributed by atoms with van der Waals surface area (Å²) in [6.45, 7) is 3.54. The minimum Gasteiger partial charge on any atom is -0.392 e. The van der Waals surface area contributed by atoms with Crippen LogP contribution in [-0.2, 0) is 16.6 Å². The van der Waals surface area contributed by atoms with Gasteiger partial charge in [0.15, 0.2) is 0 Å². The Bertz CT molecular complexity index is 588. The maximum absolute atomic E-state index is 12.4. The molecule has 0 bridgehead atoms. The predicted molar refractivity (Wildman–Crippen MR) is 81.6 cm³/mol. The van der Waals surface area contributed by atoms with E-state index < -0.39 is 16.6 Å². The number of aliphatic hydroxyl groups is 1. The highest BCUT2D eigenvalue weighted by Gasteiger charge is 2.25. The minimum atomic E-state index is -3.70. The molecule has 7 heteroatoms. The van der Waals surface area contributed by atoms with E-state index in [9.17, 15) is 13.5 Å². The van der Waals surface area contributed by atoms with E-state index >= 15 is 0 Å². The molecule has 1 N–H and O–H groups in total. The highest BCUT2D eigenvalue weighted by atomic mass is 35.5. The summed E-state index contributed by atoms with van der Waals surface area (Å²) in [5.41, 5.74) is 0.217. The molecule has 0 radical (unpaired) electrons. The molecule has 0 fully saturated rings. The lowest BCUT2D eigenvalue weighted by atomic mass is 10.2. The lowest BCUT2D eigenvalue weighted by Crippen LogP contribution is -2.28. The van der Waals surface area contributed by atoms with Gasteiger partial charge in [0.1, 0.15) is 4.90 Å². The van der Waals surface area contributed by atoms with E-state index in [0.29, 0.717) is 13.0 Å². The Labute approximate surface area is 129 Å². The third kappa shape index (κ3) is 3.74. The third-order valence-corrected chi connectivity index (χ3v) is 5.68. The maximum Gasteiger partial charge on any atom is 0.244 e. The topological polar surface area (TPSA) is 57.6 Å². The first-order valence-electron chi connectivity index (χ1n) is 6.01. The molecular formula is C13H17Cl2NO3S. The predicted octanol–water partition coefficient (Wildman–Crippen LogP) is 3.07. The second kappa shape index (κ2) is 7.43. The zero-order valence-electron chi connectivity index (χ0n) is 11.1. The van der Waals surface area contributed by atoms with Gasteiger partial charge in [-0.15, -0.1) is 6.58 Å². The first-order chi connectivity index (χ1) is 9.36. The third-order valence-electron chi connectivity index (χ3n) is 2.88. The Balaban J connectivity index is 3.12. The average Bonchev–Trinajstić information content (AvgIpc) is 2.39. The Morgan fingerprint density at radius 1 is 1.40 bits per heavy atom. The second-order valence-electron chi connectivity index (χ2n) is 4.25. The normalized spacial score (nSPS) is 11.8. The van der Waals surface area contributed by atoms with Gasteiger partial charge in [-0.2, -0.15) is 0 Å². The van der Waals surface area contributed by atoms with Crippen molar-refractivity contribution in [2.75, 3.05) is 13.6 Å². The van der Waals surface area contributed by atoms with Crippen molar-refractivity contribution in [1.82, 2.24) is 4.31 Å². The van der Waals surface area contributed by atoms with Crippen LogP contribution in [0, 0.1) is 0 Å². The van der Waals surface area contributed by atoms with Crippen LogP contribution in [0.5, 0.6) is 0 Å². The van der Waals surface area contributed by atoms with Crippen LogP contribution in [0.4, 0.5) is 0 Å². The molecule has 0 aliphatic carbocycles. The van der Waals surface area contributed by atoms with E-state index in [4.69, 9.17) is 23.2 Å². The molecule has 0 atom stereocenters. The van der Waals surface area contributed by atoms with Gasteiger partial charge in [-0.25, -0.2) is 12.7 Å². The number of allylic oxidation sites excluding steroid dienone is 1. The number of rotatable bonds is 7. The van der Waals surface area contributed by atoms with Gasteiger partial charge in [0.25, 0.3) is 0 Å². The van der Waals surface area contributed by atoms with E-state index in [0.717, 1.165) is 6.42 Å². The fourth-order valence-corrected chi connectivity index (χ4v) is 3.74. The van der Waals surface area contributed by atoms with Crippen LogP contribution in [0.1, 0.15) is 18.4 Å². The van der Waals surface area contributed by atoms with Crippen LogP contribution in [0.25, 0.3) is 0 Å². The fourth-order valence-electron chi connectivity index (χ4n) is 1.67. The smallest absolute Gasteiger partial charge is 0.244 e. The molecular weight excluding hydrogens is 321 g/mol. The van der Waals surface area contributed by atoms with Crippen molar-refractivity contribution in [2.45, 2.75) is 24.3 Å². The first-order valence-corrected chi connectivity index (χ1v) is 8.20. The molecule has 0 saturated heterocycles. The molecule has 0 heterocycles. The lowest BCUT2D eigenvalue weighted by Gasteiger charge is -2.18. The highest BCUT2D eigenvalue weighted by Crippen LogP contribution is 2.32. The van der Waals surface area contributed by atoms with E-state index in [2.05, 4.69) is 6.58 Å². The number of aliphatic hydroxyl groups excluding tert-OH is 1. The summed E-state index contributed by atoms with van der Waals surface area (Å²) < 4.78 is 26.1. The molecule has 0 saturated carbocycles. The molecule has 0 spiro atoms. The molecule has 20 heavy (non-hydrogen) atoms. The fraction of sp³-hybridized carbons (Fsp3) is 0.385. The van der Waals surface area contributed by atoms with Crippen molar-refractivity contribution < 1.29 is 13.5 Å². The Hall–Kier alpha value is -0.590. The van der Waals surface area contributed by atoms with Gasteiger partial charge in [-0.3, -0.25) is 0 Å². The molecule has 0 aromatic heterocycles. The number of hydrogen-bond donors (Lipinski definition) is 1. The van der Waals surface area contributed by atoms with Crippen LogP contribution >= 0.6 is 23.2 Å². The Kier molecular flexibility index (Phi) is 6.48. The van der Waals surface area contributed by atoms with Crippen molar-refractivity contribution in [3.63, 3.8) is 0 Å². The summed E-state index contributed by atoms with van der Waals surface area (Å²) >= 11 is 11.9. The summed E-state index contributed by atoms with van der Waals surface area (Å²) in [5.74, 6) is 0. The molecule has 0 amide bonds. The zero-order chi connectivity index (χ0) is 15.3. The molecule has 1 aromatic carbocycles. The van der Waals surface area contributed by atoms with Crippen molar-refractivity contribution in [2.24, 2.45) is 0 Å². The number of sulfonamides is 1. The Morgan fingerprint density at radius 2 is 2.05 bits per heavy atom. The van der Waals surface area contributed by atoms with E-state index in [1.807, 2.05) is 0 Å². The number of unbranched alkanes of at least 4 members (excludes halogenated alkanes) is 1. The summed E-state index contributed by atoms with van der Waals surface area (Å²) in [4.78, 5) is -0.0475. The van der Waals surface area contributed by atoms with Crippen molar-refractivity contribution >= 4 is 33.2 Å². The van der Waals surface area contributed by atoms with Gasteiger partial charge in [0, 0.05) is 24.2 Å². The van der Waals surface area contributed by atoms with E-state index in [-0.39, 0.29) is 20.5 Å². The van der Waals surface area contributed by atoms with Crippen molar-refractivity contribution in [3.8, 4) is 0 Å². The number of benzene rings is 1. The van der Waals surface area contributed by atoms with E-state index in [1.165, 1.54) is 23.5 Å². The molecule has 0 unspecified atom stereocenters. The molecule has 4 nitrogen and oxygen atoms in total. The van der Waals surface area contributed by atoms with Gasteiger partial charge in [-0.1, -0.05) is 29.3 Å². The molecule has 0 aliphatic rings. The number of hydrogen-bond acceptors (Lipinski definition) is 3. The standard InChI is InChI=1S/C13H17Cl2NO3S/c1-3-4-5-8-16(2)20(18,19)12-7-6-11(14)10(9-17)13(12)15/h3,6-7,17H,1,4-5,8-9H2,2H3. The van der Waals surface area contributed by atoms with Gasteiger partial charge in [0.05, 0.1) is 11.6 Å². The van der Waals surface area contributed by atoms with Crippen LogP contribution in [0.2, 0.25) is 10.0 Å². The van der Waals surface area contributed by atoms with E-state index in [1.54, 1.807) is 6.08 Å². The van der Waals surface area contributed by atoms with Gasteiger partial charge in [0.2, 0.25) is 10.0 Å². The Morgan fingerprint density at radius 3 is 2.60 bits per heavy atom. The monoisotopic (exact) mass is 337 g/mol. The van der Waals surface area contributed by atoms with Crippen molar-refractivity contribution in [3.05, 3.63) is 40.4 Å². The van der Waals surface area contributed by atoms with Crippen LogP contribution in [-0.4, -0.2) is 31.4 Å². The quantitative estimate of drug-likeness (QED) is 0.614. The molecule has 112 valence electrons.